The van der Waals surface area contributed by atoms with Crippen LogP contribution in [-0.2, 0) is 0 Å². The zero-order valence-corrected chi connectivity index (χ0v) is 8.11. The topological polar surface area (TPSA) is 61.6 Å². The van der Waals surface area contributed by atoms with Gasteiger partial charge in [0.1, 0.15) is 5.82 Å². The summed E-state index contributed by atoms with van der Waals surface area (Å²) in [5.41, 5.74) is 0. The molecule has 0 aliphatic heterocycles. The van der Waals surface area contributed by atoms with Crippen molar-refractivity contribution >= 4 is 5.82 Å². The Morgan fingerprint density at radius 2 is 2.21 bits per heavy atom. The number of rotatable bonds is 6. The maximum absolute atomic E-state index is 8.32. The van der Waals surface area contributed by atoms with Gasteiger partial charge in [0.15, 0.2) is 0 Å². The summed E-state index contributed by atoms with van der Waals surface area (Å²) in [5.74, 6) is 0.813. The van der Waals surface area contributed by atoms with E-state index in [1.54, 1.807) is 18.6 Å². The number of aromatic nitrogens is 2. The lowest BCUT2D eigenvalue weighted by molar-refractivity contribution is 0.711. The van der Waals surface area contributed by atoms with Gasteiger partial charge in [0.05, 0.1) is 12.3 Å². The van der Waals surface area contributed by atoms with E-state index in [9.17, 15) is 0 Å². The average Bonchev–Trinajstić information content (AvgIpc) is 2.25. The Balaban J connectivity index is 2.03. The molecule has 0 spiro atoms. The number of anilines is 1. The van der Waals surface area contributed by atoms with E-state index < -0.39 is 0 Å². The Morgan fingerprint density at radius 1 is 1.29 bits per heavy atom. The second-order valence-electron chi connectivity index (χ2n) is 2.99. The molecule has 0 fully saturated rings. The highest BCUT2D eigenvalue weighted by Crippen LogP contribution is 2.01. The molecule has 74 valence electrons. The van der Waals surface area contributed by atoms with Crippen LogP contribution in [0.25, 0.3) is 0 Å². The van der Waals surface area contributed by atoms with Crippen LogP contribution < -0.4 is 5.32 Å². The zero-order valence-electron chi connectivity index (χ0n) is 8.11. The molecule has 1 heterocycles. The highest BCUT2D eigenvalue weighted by molar-refractivity contribution is 5.29. The second kappa shape index (κ2) is 6.84. The van der Waals surface area contributed by atoms with E-state index >= 15 is 0 Å². The summed E-state index contributed by atoms with van der Waals surface area (Å²) >= 11 is 0. The first kappa shape index (κ1) is 10.5. The highest BCUT2D eigenvalue weighted by atomic mass is 15.0. The van der Waals surface area contributed by atoms with Crippen LogP contribution in [0.1, 0.15) is 25.7 Å². The van der Waals surface area contributed by atoms with E-state index in [1.807, 2.05) is 0 Å². The van der Waals surface area contributed by atoms with E-state index in [0.29, 0.717) is 6.42 Å². The van der Waals surface area contributed by atoms with Crippen LogP contribution in [0.3, 0.4) is 0 Å². The van der Waals surface area contributed by atoms with E-state index in [1.165, 1.54) is 0 Å². The molecule has 0 atom stereocenters. The van der Waals surface area contributed by atoms with Crippen molar-refractivity contribution in [2.24, 2.45) is 0 Å². The molecule has 0 aliphatic carbocycles. The number of hydrogen-bond donors (Lipinski definition) is 1. The predicted molar refractivity (Wildman–Crippen MR) is 54.6 cm³/mol. The maximum Gasteiger partial charge on any atom is 0.144 e. The van der Waals surface area contributed by atoms with Gasteiger partial charge in [-0.3, -0.25) is 4.98 Å². The van der Waals surface area contributed by atoms with Crippen molar-refractivity contribution in [3.63, 3.8) is 0 Å². The van der Waals surface area contributed by atoms with Gasteiger partial charge >= 0.3 is 0 Å². The highest BCUT2D eigenvalue weighted by Gasteiger charge is 1.91. The van der Waals surface area contributed by atoms with E-state index in [0.717, 1.165) is 31.6 Å². The minimum absolute atomic E-state index is 0.658. The van der Waals surface area contributed by atoms with Crippen molar-refractivity contribution in [3.8, 4) is 6.07 Å². The standard InChI is InChI=1S/C10H14N4/c11-5-3-1-2-4-6-13-10-9-12-7-8-14-10/h7-9H,1-4,6H2,(H,13,14). The van der Waals surface area contributed by atoms with Gasteiger partial charge in [-0.05, 0) is 12.8 Å². The Hall–Kier alpha value is -1.63. The summed E-state index contributed by atoms with van der Waals surface area (Å²) in [6, 6.07) is 2.13. The lowest BCUT2D eigenvalue weighted by atomic mass is 10.2. The lowest BCUT2D eigenvalue weighted by Crippen LogP contribution is -2.03. The Morgan fingerprint density at radius 3 is 2.93 bits per heavy atom. The Bertz CT molecular complexity index is 278. The quantitative estimate of drug-likeness (QED) is 0.697. The van der Waals surface area contributed by atoms with Gasteiger partial charge in [0.25, 0.3) is 0 Å². The summed E-state index contributed by atoms with van der Waals surface area (Å²) < 4.78 is 0. The first-order valence-electron chi connectivity index (χ1n) is 4.80. The van der Waals surface area contributed by atoms with Crippen molar-refractivity contribution in [2.45, 2.75) is 25.7 Å². The minimum Gasteiger partial charge on any atom is -0.369 e. The zero-order chi connectivity index (χ0) is 10.1. The van der Waals surface area contributed by atoms with Gasteiger partial charge in [-0.2, -0.15) is 5.26 Å². The molecule has 4 heteroatoms. The summed E-state index contributed by atoms with van der Waals surface area (Å²) in [7, 11) is 0. The van der Waals surface area contributed by atoms with E-state index in [2.05, 4.69) is 21.4 Å². The van der Waals surface area contributed by atoms with Crippen LogP contribution in [0.15, 0.2) is 18.6 Å². The second-order valence-corrected chi connectivity index (χ2v) is 2.99. The molecule has 1 aromatic rings. The van der Waals surface area contributed by atoms with Crippen LogP contribution in [0, 0.1) is 11.3 Å². The fourth-order valence-electron chi connectivity index (χ4n) is 1.11. The van der Waals surface area contributed by atoms with Crippen molar-refractivity contribution in [1.29, 1.82) is 5.26 Å². The smallest absolute Gasteiger partial charge is 0.144 e. The summed E-state index contributed by atoms with van der Waals surface area (Å²) in [4.78, 5) is 8.03. The summed E-state index contributed by atoms with van der Waals surface area (Å²) in [6.07, 6.45) is 8.81. The molecule has 1 aromatic heterocycles. The molecular weight excluding hydrogens is 176 g/mol. The van der Waals surface area contributed by atoms with Gasteiger partial charge in [0.2, 0.25) is 0 Å². The summed E-state index contributed by atoms with van der Waals surface area (Å²) in [5, 5.41) is 11.5. The third kappa shape index (κ3) is 4.41. The molecule has 0 saturated carbocycles. The largest absolute Gasteiger partial charge is 0.369 e. The average molecular weight is 190 g/mol. The van der Waals surface area contributed by atoms with Crippen LogP contribution in [0.2, 0.25) is 0 Å². The van der Waals surface area contributed by atoms with Crippen molar-refractivity contribution in [3.05, 3.63) is 18.6 Å². The van der Waals surface area contributed by atoms with Gasteiger partial charge < -0.3 is 5.32 Å². The number of nitrogens with one attached hydrogen (secondary N) is 1. The first-order valence-corrected chi connectivity index (χ1v) is 4.80. The van der Waals surface area contributed by atoms with Crippen LogP contribution >= 0.6 is 0 Å². The van der Waals surface area contributed by atoms with Crippen molar-refractivity contribution in [1.82, 2.24) is 9.97 Å². The Kier molecular flexibility index (Phi) is 5.11. The van der Waals surface area contributed by atoms with Gasteiger partial charge in [-0.15, -0.1) is 0 Å². The SMILES string of the molecule is N#CCCCCCNc1cnccn1. The molecule has 0 unspecified atom stereocenters. The van der Waals surface area contributed by atoms with Crippen LogP contribution in [-0.4, -0.2) is 16.5 Å². The van der Waals surface area contributed by atoms with Crippen LogP contribution in [0.5, 0.6) is 0 Å². The molecule has 14 heavy (non-hydrogen) atoms. The fraction of sp³-hybridized carbons (Fsp3) is 0.500. The van der Waals surface area contributed by atoms with Crippen molar-refractivity contribution < 1.29 is 0 Å². The minimum atomic E-state index is 0.658. The molecule has 0 saturated heterocycles. The fourth-order valence-corrected chi connectivity index (χ4v) is 1.11. The van der Waals surface area contributed by atoms with Gasteiger partial charge in [-0.25, -0.2) is 4.98 Å². The monoisotopic (exact) mass is 190 g/mol. The normalized spacial score (nSPS) is 9.36. The van der Waals surface area contributed by atoms with Gasteiger partial charge in [0, 0.05) is 25.4 Å². The molecule has 1 N–H and O–H groups in total. The molecule has 0 amide bonds. The maximum atomic E-state index is 8.32. The third-order valence-electron chi connectivity index (χ3n) is 1.83. The number of unbranched alkanes of at least 4 members (excludes halogenated alkanes) is 3. The molecule has 0 bridgehead atoms. The first-order chi connectivity index (χ1) is 6.93. The molecule has 0 radical (unpaired) electrons. The van der Waals surface area contributed by atoms with Crippen LogP contribution in [0.4, 0.5) is 5.82 Å². The lowest BCUT2D eigenvalue weighted by Gasteiger charge is -2.03. The molecule has 4 nitrogen and oxygen atoms in total. The van der Waals surface area contributed by atoms with E-state index in [4.69, 9.17) is 5.26 Å². The predicted octanol–water partition coefficient (Wildman–Crippen LogP) is 1.97. The molecular formula is C10H14N4. The van der Waals surface area contributed by atoms with E-state index in [-0.39, 0.29) is 0 Å². The number of hydrogen-bond acceptors (Lipinski definition) is 4. The number of nitriles is 1. The Labute approximate surface area is 84.0 Å². The van der Waals surface area contributed by atoms with Gasteiger partial charge in [-0.1, -0.05) is 6.42 Å². The number of nitrogens with zero attached hydrogens (tertiary/aromatic N) is 3. The third-order valence-corrected chi connectivity index (χ3v) is 1.83. The molecule has 0 aliphatic rings. The molecule has 0 aromatic carbocycles. The molecule has 1 rings (SSSR count). The summed E-state index contributed by atoms with van der Waals surface area (Å²) in [6.45, 7) is 0.893. The van der Waals surface area contributed by atoms with Crippen molar-refractivity contribution in [2.75, 3.05) is 11.9 Å².